The van der Waals surface area contributed by atoms with Gasteiger partial charge in [0, 0.05) is 29.8 Å². The van der Waals surface area contributed by atoms with E-state index in [-0.39, 0.29) is 0 Å². The van der Waals surface area contributed by atoms with Crippen LogP contribution in [-0.4, -0.2) is 24.5 Å². The molecule has 0 aliphatic heterocycles. The second-order valence-corrected chi connectivity index (χ2v) is 7.24. The minimum atomic E-state index is 0.584. The maximum absolute atomic E-state index is 6.01. The van der Waals surface area contributed by atoms with E-state index in [0.29, 0.717) is 15.2 Å². The first-order valence-corrected chi connectivity index (χ1v) is 9.61. The molecule has 0 radical (unpaired) electrons. The molecular formula is C17H18Cl2N2OS2. The Morgan fingerprint density at radius 1 is 1.17 bits per heavy atom. The molecule has 2 rings (SSSR count). The van der Waals surface area contributed by atoms with Crippen molar-refractivity contribution in [2.75, 3.05) is 24.7 Å². The Morgan fingerprint density at radius 3 is 2.75 bits per heavy atom. The van der Waals surface area contributed by atoms with Gasteiger partial charge in [-0.15, -0.1) is 0 Å². The first kappa shape index (κ1) is 19.2. The van der Waals surface area contributed by atoms with Crippen molar-refractivity contribution in [2.24, 2.45) is 0 Å². The fraction of sp³-hybridized carbons (Fsp3) is 0.235. The third-order valence-electron chi connectivity index (χ3n) is 3.11. The quantitative estimate of drug-likeness (QED) is 0.491. The van der Waals surface area contributed by atoms with E-state index in [4.69, 9.17) is 40.2 Å². The molecule has 2 aromatic rings. The number of rotatable bonds is 7. The van der Waals surface area contributed by atoms with Gasteiger partial charge in [-0.05, 0) is 42.0 Å². The number of hydrogen-bond acceptors (Lipinski definition) is 3. The van der Waals surface area contributed by atoms with E-state index in [1.165, 1.54) is 0 Å². The Bertz CT molecular complexity index is 698. The van der Waals surface area contributed by atoms with Gasteiger partial charge in [0.05, 0.1) is 17.2 Å². The van der Waals surface area contributed by atoms with Gasteiger partial charge in [-0.2, -0.15) is 11.8 Å². The zero-order chi connectivity index (χ0) is 17.4. The van der Waals surface area contributed by atoms with Crippen molar-refractivity contribution in [2.45, 2.75) is 5.75 Å². The number of methoxy groups -OCH3 is 1. The Morgan fingerprint density at radius 2 is 2.00 bits per heavy atom. The summed E-state index contributed by atoms with van der Waals surface area (Å²) in [4.78, 5) is 0. The summed E-state index contributed by atoms with van der Waals surface area (Å²) in [7, 11) is 1.64. The van der Waals surface area contributed by atoms with Crippen LogP contribution < -0.4 is 15.4 Å². The Balaban J connectivity index is 1.66. The zero-order valence-electron chi connectivity index (χ0n) is 13.1. The maximum Gasteiger partial charge on any atom is 0.170 e. The van der Waals surface area contributed by atoms with E-state index < -0.39 is 0 Å². The third-order valence-corrected chi connectivity index (χ3v) is 5.13. The highest BCUT2D eigenvalue weighted by Crippen LogP contribution is 2.24. The highest BCUT2D eigenvalue weighted by atomic mass is 35.5. The third kappa shape index (κ3) is 6.40. The summed E-state index contributed by atoms with van der Waals surface area (Å²) in [5.74, 6) is 2.61. The van der Waals surface area contributed by atoms with Crippen LogP contribution >= 0.6 is 47.2 Å². The molecule has 128 valence electrons. The lowest BCUT2D eigenvalue weighted by Crippen LogP contribution is -2.30. The fourth-order valence-electron chi connectivity index (χ4n) is 1.93. The molecule has 24 heavy (non-hydrogen) atoms. The molecule has 3 nitrogen and oxygen atoms in total. The summed E-state index contributed by atoms with van der Waals surface area (Å²) in [6, 6.07) is 13.4. The highest BCUT2D eigenvalue weighted by molar-refractivity contribution is 7.98. The second-order valence-electron chi connectivity index (χ2n) is 4.91. The largest absolute Gasteiger partial charge is 0.497 e. The molecule has 0 saturated heterocycles. The average molecular weight is 401 g/mol. The van der Waals surface area contributed by atoms with Gasteiger partial charge in [0.15, 0.2) is 5.11 Å². The van der Waals surface area contributed by atoms with Gasteiger partial charge >= 0.3 is 0 Å². The van der Waals surface area contributed by atoms with Gasteiger partial charge in [-0.1, -0.05) is 35.3 Å². The van der Waals surface area contributed by atoms with Crippen molar-refractivity contribution in [3.05, 3.63) is 58.1 Å². The zero-order valence-corrected chi connectivity index (χ0v) is 16.3. The summed E-state index contributed by atoms with van der Waals surface area (Å²) < 4.78 is 5.18. The molecule has 0 saturated carbocycles. The van der Waals surface area contributed by atoms with Gasteiger partial charge in [0.25, 0.3) is 0 Å². The number of thioether (sulfide) groups is 1. The molecule has 0 aliphatic carbocycles. The number of anilines is 1. The summed E-state index contributed by atoms with van der Waals surface area (Å²) in [6.45, 7) is 0.780. The van der Waals surface area contributed by atoms with Crippen LogP contribution in [0.1, 0.15) is 5.56 Å². The van der Waals surface area contributed by atoms with E-state index in [9.17, 15) is 0 Å². The van der Waals surface area contributed by atoms with Crippen LogP contribution in [0.5, 0.6) is 5.75 Å². The fourth-order valence-corrected chi connectivity index (χ4v) is 3.28. The molecule has 0 amide bonds. The smallest absolute Gasteiger partial charge is 0.170 e. The Labute approximate surface area is 162 Å². The van der Waals surface area contributed by atoms with Gasteiger partial charge in [-0.25, -0.2) is 0 Å². The minimum Gasteiger partial charge on any atom is -0.497 e. The summed E-state index contributed by atoms with van der Waals surface area (Å²) in [6.07, 6.45) is 0. The molecular weight excluding hydrogens is 383 g/mol. The van der Waals surface area contributed by atoms with Crippen molar-refractivity contribution in [3.8, 4) is 5.75 Å². The average Bonchev–Trinajstić information content (AvgIpc) is 2.58. The lowest BCUT2D eigenvalue weighted by Gasteiger charge is -2.11. The molecule has 0 unspecified atom stereocenters. The SMILES string of the molecule is COc1cccc(NC(=S)NCCSCc2ccc(Cl)c(Cl)c2)c1. The predicted molar refractivity (Wildman–Crippen MR) is 110 cm³/mol. The predicted octanol–water partition coefficient (Wildman–Crippen LogP) is 5.22. The van der Waals surface area contributed by atoms with Crippen LogP contribution in [0.25, 0.3) is 0 Å². The van der Waals surface area contributed by atoms with Gasteiger partial charge < -0.3 is 15.4 Å². The van der Waals surface area contributed by atoms with Gasteiger partial charge in [0.1, 0.15) is 5.75 Å². The highest BCUT2D eigenvalue weighted by Gasteiger charge is 2.01. The lowest BCUT2D eigenvalue weighted by molar-refractivity contribution is 0.415. The van der Waals surface area contributed by atoms with Crippen molar-refractivity contribution in [3.63, 3.8) is 0 Å². The standard InChI is InChI=1S/C17H18Cl2N2OS2/c1-22-14-4-2-3-13(10-14)21-17(23)20-7-8-24-11-12-5-6-15(18)16(19)9-12/h2-6,9-10H,7-8,11H2,1H3,(H2,20,21,23). The van der Waals surface area contributed by atoms with Crippen LogP contribution in [0, 0.1) is 0 Å². The van der Waals surface area contributed by atoms with Gasteiger partial charge in [0.2, 0.25) is 0 Å². The molecule has 0 bridgehead atoms. The summed E-state index contributed by atoms with van der Waals surface area (Å²) in [5.41, 5.74) is 2.06. The van der Waals surface area contributed by atoms with Crippen molar-refractivity contribution in [1.29, 1.82) is 0 Å². The number of nitrogens with one attached hydrogen (secondary N) is 2. The van der Waals surface area contributed by atoms with Crippen molar-refractivity contribution in [1.82, 2.24) is 5.32 Å². The van der Waals surface area contributed by atoms with Crippen LogP contribution in [0.3, 0.4) is 0 Å². The van der Waals surface area contributed by atoms with Crippen LogP contribution in [-0.2, 0) is 5.75 Å². The molecule has 2 N–H and O–H groups in total. The number of ether oxygens (including phenoxy) is 1. The van der Waals surface area contributed by atoms with Crippen LogP contribution in [0.4, 0.5) is 5.69 Å². The Hall–Kier alpha value is -1.14. The van der Waals surface area contributed by atoms with Crippen molar-refractivity contribution >= 4 is 58.0 Å². The van der Waals surface area contributed by atoms with Crippen LogP contribution in [0.15, 0.2) is 42.5 Å². The summed E-state index contributed by atoms with van der Waals surface area (Å²) >= 11 is 19.0. The molecule has 2 aromatic carbocycles. The number of benzene rings is 2. The van der Waals surface area contributed by atoms with E-state index in [0.717, 1.165) is 35.1 Å². The maximum atomic E-state index is 6.01. The molecule has 7 heteroatoms. The monoisotopic (exact) mass is 400 g/mol. The second kappa shape index (κ2) is 9.99. The van der Waals surface area contributed by atoms with E-state index >= 15 is 0 Å². The molecule has 0 fully saturated rings. The van der Waals surface area contributed by atoms with Crippen LogP contribution in [0.2, 0.25) is 10.0 Å². The lowest BCUT2D eigenvalue weighted by atomic mass is 10.2. The number of thiocarbonyl (C=S) groups is 1. The van der Waals surface area contributed by atoms with Gasteiger partial charge in [-0.3, -0.25) is 0 Å². The van der Waals surface area contributed by atoms with E-state index in [1.54, 1.807) is 18.9 Å². The molecule has 0 aromatic heterocycles. The minimum absolute atomic E-state index is 0.584. The normalized spacial score (nSPS) is 10.3. The van der Waals surface area contributed by atoms with Crippen molar-refractivity contribution < 1.29 is 4.74 Å². The van der Waals surface area contributed by atoms with E-state index in [2.05, 4.69) is 10.6 Å². The number of hydrogen-bond donors (Lipinski definition) is 2. The molecule has 0 aliphatic rings. The molecule has 0 heterocycles. The number of halogens is 2. The first-order chi connectivity index (χ1) is 11.6. The first-order valence-electron chi connectivity index (χ1n) is 7.29. The molecule has 0 atom stereocenters. The Kier molecular flexibility index (Phi) is 7.99. The van der Waals surface area contributed by atoms with E-state index in [1.807, 2.05) is 42.5 Å². The summed E-state index contributed by atoms with van der Waals surface area (Å²) in [5, 5.41) is 8.10. The molecule has 0 spiro atoms. The topological polar surface area (TPSA) is 33.3 Å².